The number of aromatic carboxylic acids is 1. The fourth-order valence-corrected chi connectivity index (χ4v) is 5.76. The lowest BCUT2D eigenvalue weighted by molar-refractivity contribution is 0.0697. The van der Waals surface area contributed by atoms with Crippen LogP contribution in [-0.2, 0) is 30.4 Å². The Bertz CT molecular complexity index is 2330. The number of nitrogen functional groups attached to an aromatic ring is 1. The number of halogens is 1. The highest BCUT2D eigenvalue weighted by Crippen LogP contribution is 2.35. The first-order valence-corrected chi connectivity index (χ1v) is 16.9. The maximum Gasteiger partial charge on any atom is 0.338 e. The Hall–Kier alpha value is -5.37. The van der Waals surface area contributed by atoms with Gasteiger partial charge in [-0.05, 0) is 54.1 Å². The average molecular weight is 744 g/mol. The molecule has 0 aliphatic rings. The van der Waals surface area contributed by atoms with E-state index < -0.39 is 79.4 Å². The van der Waals surface area contributed by atoms with Crippen molar-refractivity contribution in [3.05, 3.63) is 71.0 Å². The molecule has 1 heterocycles. The van der Waals surface area contributed by atoms with Crippen LogP contribution in [0.5, 0.6) is 5.75 Å². The molecule has 0 saturated carbocycles. The Morgan fingerprint density at radius 2 is 1.50 bits per heavy atom. The highest BCUT2D eigenvalue weighted by atomic mass is 35.5. The number of phenols is 1. The van der Waals surface area contributed by atoms with Crippen molar-refractivity contribution in [2.45, 2.75) is 14.7 Å². The van der Waals surface area contributed by atoms with E-state index in [0.717, 1.165) is 24.3 Å². The Kier molecular flexibility index (Phi) is 9.90. The fraction of sp³-hybridized carbons (Fsp3) is 0. The number of hydrazone groups is 1. The van der Waals surface area contributed by atoms with Gasteiger partial charge in [0.05, 0.1) is 10.5 Å². The summed E-state index contributed by atoms with van der Waals surface area (Å²) in [7, 11) is -15.4. The molecule has 21 nitrogen and oxygen atoms in total. The first kappa shape index (κ1) is 35.5. The molecule has 0 spiro atoms. The second kappa shape index (κ2) is 13.4. The van der Waals surface area contributed by atoms with Crippen molar-refractivity contribution >= 4 is 82.7 Å². The highest BCUT2D eigenvalue weighted by Gasteiger charge is 2.25. The van der Waals surface area contributed by atoms with E-state index in [1.54, 1.807) is 0 Å². The number of anilines is 4. The first-order valence-electron chi connectivity index (χ1n) is 12.2. The summed E-state index contributed by atoms with van der Waals surface area (Å²) in [6.45, 7) is 0. The summed E-state index contributed by atoms with van der Waals surface area (Å²) in [5.74, 6) is -3.98. The van der Waals surface area contributed by atoms with Gasteiger partial charge in [0, 0.05) is 11.3 Å². The van der Waals surface area contributed by atoms with Crippen LogP contribution in [0.3, 0.4) is 0 Å². The number of amidine groups is 1. The van der Waals surface area contributed by atoms with Crippen molar-refractivity contribution in [2.75, 3.05) is 16.5 Å². The summed E-state index contributed by atoms with van der Waals surface area (Å²) < 4.78 is 99.8. The fourth-order valence-electron chi connectivity index (χ4n) is 3.66. The monoisotopic (exact) mass is 743 g/mol. The number of rotatable bonds is 10. The number of hydrogen-bond acceptors (Lipinski definition) is 16. The van der Waals surface area contributed by atoms with Crippen LogP contribution in [0.25, 0.3) is 0 Å². The lowest BCUT2D eigenvalue weighted by Gasteiger charge is -2.11. The van der Waals surface area contributed by atoms with Crippen molar-refractivity contribution < 1.29 is 53.9 Å². The maximum atomic E-state index is 12.1. The number of carbonyl (C=O) groups is 1. The van der Waals surface area contributed by atoms with Crippen LogP contribution in [0.15, 0.2) is 84.6 Å². The normalized spacial score (nSPS) is 12.6. The molecule has 9 N–H and O–H groups in total. The third-order valence-corrected chi connectivity index (χ3v) is 8.45. The van der Waals surface area contributed by atoms with Gasteiger partial charge in [-0.15, -0.1) is 10.2 Å². The Morgan fingerprint density at radius 1 is 0.833 bits per heavy atom. The van der Waals surface area contributed by atoms with Crippen molar-refractivity contribution in [3.8, 4) is 5.75 Å². The van der Waals surface area contributed by atoms with Gasteiger partial charge in [0.25, 0.3) is 30.4 Å². The quantitative estimate of drug-likeness (QED) is 0.0289. The molecule has 0 bridgehead atoms. The van der Waals surface area contributed by atoms with Crippen molar-refractivity contribution in [2.24, 2.45) is 15.3 Å². The number of azo groups is 1. The summed E-state index contributed by atoms with van der Waals surface area (Å²) in [6.07, 6.45) is 0. The zero-order chi connectivity index (χ0) is 35.6. The Morgan fingerprint density at radius 3 is 2.10 bits per heavy atom. The van der Waals surface area contributed by atoms with Gasteiger partial charge in [-0.1, -0.05) is 12.1 Å². The topological polar surface area (TPSA) is 346 Å². The molecule has 0 fully saturated rings. The van der Waals surface area contributed by atoms with Gasteiger partial charge in [0.2, 0.25) is 23.0 Å². The van der Waals surface area contributed by atoms with E-state index in [1.165, 1.54) is 18.2 Å². The largest absolute Gasteiger partial charge is 0.504 e. The zero-order valence-electron chi connectivity index (χ0n) is 23.2. The molecule has 3 aromatic carbocycles. The van der Waals surface area contributed by atoms with E-state index in [2.05, 4.69) is 35.6 Å². The van der Waals surface area contributed by atoms with Crippen LogP contribution >= 0.6 is 11.6 Å². The minimum absolute atomic E-state index is 0.101. The summed E-state index contributed by atoms with van der Waals surface area (Å²) >= 11 is 5.75. The molecule has 252 valence electrons. The number of aromatic nitrogens is 3. The zero-order valence-corrected chi connectivity index (χ0v) is 26.4. The van der Waals surface area contributed by atoms with Crippen molar-refractivity contribution in [1.29, 1.82) is 0 Å². The molecule has 48 heavy (non-hydrogen) atoms. The van der Waals surface area contributed by atoms with Gasteiger partial charge in [-0.2, -0.15) is 45.3 Å². The van der Waals surface area contributed by atoms with Crippen LogP contribution < -0.4 is 16.5 Å². The van der Waals surface area contributed by atoms with Crippen LogP contribution in [0.2, 0.25) is 5.28 Å². The number of benzene rings is 3. The minimum atomic E-state index is -5.30. The Balaban J connectivity index is 1.86. The van der Waals surface area contributed by atoms with E-state index in [9.17, 15) is 53.9 Å². The van der Waals surface area contributed by atoms with Crippen LogP contribution in [0.1, 0.15) is 15.9 Å². The third-order valence-electron chi connectivity index (χ3n) is 5.67. The Labute approximate surface area is 274 Å². The summed E-state index contributed by atoms with van der Waals surface area (Å²) in [6, 6.07) is 8.70. The van der Waals surface area contributed by atoms with Crippen LogP contribution in [-0.4, -0.2) is 75.9 Å². The minimum Gasteiger partial charge on any atom is -0.504 e. The number of carboxylic acids is 1. The van der Waals surface area contributed by atoms with Crippen molar-refractivity contribution in [1.82, 2.24) is 15.0 Å². The molecule has 4 rings (SSSR count). The predicted octanol–water partition coefficient (Wildman–Crippen LogP) is 2.55. The molecular formula is C23H18ClN9O12S3. The van der Waals surface area contributed by atoms with E-state index >= 15 is 0 Å². The number of phenolic OH excluding ortho intramolecular Hbond substituents is 1. The number of carboxylic acid groups (broad SMARTS) is 1. The molecule has 0 aliphatic heterocycles. The SMILES string of the molecule is Nc1nc(Cl)nc(Nc2ccc(N=NC(=NNc3cc(S(=O)(=O)O)cc(S(=O)(=O)O)c3O)c3ccccc3S(=O)(=O)O)c(C(=O)O)c2)n1. The number of aromatic hydroxyl groups is 1. The molecule has 0 saturated heterocycles. The summed E-state index contributed by atoms with van der Waals surface area (Å²) in [5, 5.41) is 33.9. The van der Waals surface area contributed by atoms with Gasteiger partial charge in [-0.25, -0.2) is 4.79 Å². The second-order valence-corrected chi connectivity index (χ2v) is 13.5. The number of nitrogens with one attached hydrogen (secondary N) is 2. The van der Waals surface area contributed by atoms with Gasteiger partial charge in [-0.3, -0.25) is 19.1 Å². The molecule has 4 aromatic rings. The van der Waals surface area contributed by atoms with Gasteiger partial charge in [0.1, 0.15) is 21.2 Å². The van der Waals surface area contributed by atoms with E-state index in [-0.39, 0.29) is 34.6 Å². The molecule has 0 atom stereocenters. The van der Waals surface area contributed by atoms with E-state index in [1.807, 2.05) is 5.43 Å². The second-order valence-electron chi connectivity index (χ2n) is 8.93. The van der Waals surface area contributed by atoms with Crippen LogP contribution in [0, 0.1) is 0 Å². The maximum absolute atomic E-state index is 12.1. The lowest BCUT2D eigenvalue weighted by atomic mass is 10.1. The summed E-state index contributed by atoms with van der Waals surface area (Å²) in [4.78, 5) is 20.0. The smallest absolute Gasteiger partial charge is 0.338 e. The van der Waals surface area contributed by atoms with E-state index in [0.29, 0.717) is 6.07 Å². The molecule has 25 heteroatoms. The van der Waals surface area contributed by atoms with E-state index in [4.69, 9.17) is 17.3 Å². The average Bonchev–Trinajstić information content (AvgIpc) is 2.96. The molecule has 0 aliphatic carbocycles. The number of nitrogens with zero attached hydrogens (tertiary/aromatic N) is 6. The standard InChI is InChI=1S/C23H18ClN9O12S3/c24-21-27-22(25)29-23(28-21)26-10-5-6-14(13(7-10)20(35)36)30-32-19(12-3-1-2-4-16(12)47(40,41)42)33-31-15-8-11(46(37,38)39)9-17(18(15)34)48(43,44)45/h1-9,31,34H,(H,35,36)(H,37,38,39)(H,40,41,42)(H,43,44,45)(H3,25,26,27,28,29). The molecule has 0 amide bonds. The molecular weight excluding hydrogens is 726 g/mol. The van der Waals surface area contributed by atoms with Gasteiger partial charge < -0.3 is 21.3 Å². The van der Waals surface area contributed by atoms with Gasteiger partial charge >= 0.3 is 5.97 Å². The summed E-state index contributed by atoms with van der Waals surface area (Å²) in [5.41, 5.74) is 5.43. The third kappa shape index (κ3) is 8.50. The molecule has 0 unspecified atom stereocenters. The van der Waals surface area contributed by atoms with Crippen LogP contribution in [0.4, 0.5) is 29.0 Å². The number of nitrogens with two attached hydrogens (primary N) is 1. The van der Waals surface area contributed by atoms with Gasteiger partial charge in [0.15, 0.2) is 5.75 Å². The molecule has 1 aromatic heterocycles. The lowest BCUT2D eigenvalue weighted by Crippen LogP contribution is -2.10. The van der Waals surface area contributed by atoms with Crippen molar-refractivity contribution in [3.63, 3.8) is 0 Å². The predicted molar refractivity (Wildman–Crippen MR) is 165 cm³/mol. The molecule has 0 radical (unpaired) electrons. The highest BCUT2D eigenvalue weighted by molar-refractivity contribution is 7.86. The number of hydrogen-bond donors (Lipinski definition) is 8. The first-order chi connectivity index (χ1) is 22.2.